The summed E-state index contributed by atoms with van der Waals surface area (Å²) in [6.45, 7) is 3.47. The Labute approximate surface area is 102 Å². The van der Waals surface area contributed by atoms with Crippen LogP contribution in [0, 0.1) is 0 Å². The Bertz CT molecular complexity index is 463. The van der Waals surface area contributed by atoms with Gasteiger partial charge in [0.05, 0.1) is 0 Å². The minimum Gasteiger partial charge on any atom is -0.483 e. The van der Waals surface area contributed by atoms with E-state index in [1.807, 2.05) is 0 Å². The first-order valence-electron chi connectivity index (χ1n) is 5.04. The van der Waals surface area contributed by atoms with Crippen molar-refractivity contribution in [2.24, 2.45) is 0 Å². The normalized spacial score (nSPS) is 18.1. The number of thioether (sulfide) groups is 1. The lowest BCUT2D eigenvalue weighted by molar-refractivity contribution is -0.0318. The summed E-state index contributed by atoms with van der Waals surface area (Å²) in [6.07, 6.45) is 1.51. The quantitative estimate of drug-likeness (QED) is 0.737. The second-order valence-electron chi connectivity index (χ2n) is 4.26. The third-order valence-electron chi connectivity index (χ3n) is 2.23. The van der Waals surface area contributed by atoms with Crippen LogP contribution < -0.4 is 4.74 Å². The fraction of sp³-hybridized carbons (Fsp3) is 0.333. The minimum absolute atomic E-state index is 0.0962. The second kappa shape index (κ2) is 3.98. The van der Waals surface area contributed by atoms with Crippen molar-refractivity contribution in [1.29, 1.82) is 0 Å². The van der Waals surface area contributed by atoms with Crippen LogP contribution in [0.2, 0.25) is 0 Å². The van der Waals surface area contributed by atoms with Crippen molar-refractivity contribution in [1.82, 2.24) is 0 Å². The first-order valence-corrected chi connectivity index (χ1v) is 5.85. The van der Waals surface area contributed by atoms with E-state index in [1.165, 1.54) is 6.08 Å². The highest BCUT2D eigenvalue weighted by molar-refractivity contribution is 8.09. The van der Waals surface area contributed by atoms with Crippen molar-refractivity contribution < 1.29 is 17.9 Å². The van der Waals surface area contributed by atoms with E-state index in [2.05, 4.69) is 0 Å². The average molecular weight is 260 g/mol. The summed E-state index contributed by atoms with van der Waals surface area (Å²) in [4.78, 5) is 0.198. The highest BCUT2D eigenvalue weighted by atomic mass is 32.2. The maximum Gasteiger partial charge on any atom is 0.446 e. The molecule has 92 valence electrons. The van der Waals surface area contributed by atoms with Crippen LogP contribution in [0.3, 0.4) is 0 Å². The topological polar surface area (TPSA) is 9.23 Å². The van der Waals surface area contributed by atoms with Gasteiger partial charge in [-0.2, -0.15) is 13.2 Å². The summed E-state index contributed by atoms with van der Waals surface area (Å²) in [5.41, 5.74) is -4.51. The number of fused-ring (bicyclic) bond motifs is 1. The fourth-order valence-corrected chi connectivity index (χ4v) is 2.55. The largest absolute Gasteiger partial charge is 0.483 e. The van der Waals surface area contributed by atoms with Crippen molar-refractivity contribution >= 4 is 16.7 Å². The minimum atomic E-state index is -4.29. The van der Waals surface area contributed by atoms with Crippen molar-refractivity contribution in [3.8, 4) is 5.75 Å². The van der Waals surface area contributed by atoms with Gasteiger partial charge in [-0.25, -0.2) is 0 Å². The molecular formula is C12H11F3OS. The van der Waals surface area contributed by atoms with E-state index in [9.17, 15) is 13.2 Å². The Morgan fingerprint density at radius 3 is 2.47 bits per heavy atom. The predicted octanol–water partition coefficient (Wildman–Crippen LogP) is 4.45. The summed E-state index contributed by atoms with van der Waals surface area (Å²) in [5.74, 6) is 0.492. The Balaban J connectivity index is 2.44. The second-order valence-corrected chi connectivity index (χ2v) is 5.36. The zero-order valence-corrected chi connectivity index (χ0v) is 10.2. The summed E-state index contributed by atoms with van der Waals surface area (Å²) < 4.78 is 43.0. The van der Waals surface area contributed by atoms with Crippen LogP contribution in [0.15, 0.2) is 30.3 Å². The molecule has 0 bridgehead atoms. The molecule has 0 aliphatic carbocycles. The van der Waals surface area contributed by atoms with Gasteiger partial charge in [-0.15, -0.1) is 0 Å². The third kappa shape index (κ3) is 2.97. The van der Waals surface area contributed by atoms with Gasteiger partial charge in [-0.1, -0.05) is 18.2 Å². The number of halogens is 3. The zero-order valence-electron chi connectivity index (χ0n) is 9.34. The van der Waals surface area contributed by atoms with Gasteiger partial charge in [0.2, 0.25) is 0 Å². The monoisotopic (exact) mass is 260 g/mol. The van der Waals surface area contributed by atoms with Gasteiger partial charge < -0.3 is 4.74 Å². The van der Waals surface area contributed by atoms with Crippen molar-refractivity contribution in [2.45, 2.75) is 25.0 Å². The van der Waals surface area contributed by atoms with Gasteiger partial charge in [0.1, 0.15) is 11.4 Å². The highest BCUT2D eigenvalue weighted by Crippen LogP contribution is 2.47. The molecule has 1 nitrogen and oxygen atoms in total. The van der Waals surface area contributed by atoms with Gasteiger partial charge in [-0.05, 0) is 37.8 Å². The molecule has 1 heterocycles. The number of para-hydroxylation sites is 1. The predicted molar refractivity (Wildman–Crippen MR) is 62.8 cm³/mol. The van der Waals surface area contributed by atoms with Crippen LogP contribution in [0.5, 0.6) is 5.75 Å². The number of alkyl halides is 3. The van der Waals surface area contributed by atoms with E-state index < -0.39 is 11.1 Å². The fourth-order valence-electron chi connectivity index (χ4n) is 1.67. The summed E-state index contributed by atoms with van der Waals surface area (Å²) in [5, 5.41) is 0. The van der Waals surface area contributed by atoms with Crippen LogP contribution in [0.25, 0.3) is 4.91 Å². The molecule has 0 fully saturated rings. The molecule has 2 rings (SSSR count). The first kappa shape index (κ1) is 12.4. The molecule has 0 amide bonds. The van der Waals surface area contributed by atoms with Crippen molar-refractivity contribution in [3.05, 3.63) is 35.9 Å². The SMILES string of the molecule is CC1(C)C=C(SC(F)(F)F)c2ccccc2O1. The Morgan fingerprint density at radius 2 is 1.82 bits per heavy atom. The standard InChI is InChI=1S/C12H11F3OS/c1-11(2)7-10(17-12(13,14)15)8-5-3-4-6-9(8)16-11/h3-7H,1-2H3. The van der Waals surface area contributed by atoms with Gasteiger partial charge >= 0.3 is 5.51 Å². The molecule has 1 aliphatic heterocycles. The van der Waals surface area contributed by atoms with Crippen LogP contribution >= 0.6 is 11.8 Å². The summed E-state index contributed by atoms with van der Waals surface area (Å²) in [6, 6.07) is 6.76. The van der Waals surface area contributed by atoms with E-state index in [0.717, 1.165) is 0 Å². The molecular weight excluding hydrogens is 249 g/mol. The molecule has 1 aromatic carbocycles. The Morgan fingerprint density at radius 1 is 1.18 bits per heavy atom. The molecule has 0 spiro atoms. The number of hydrogen-bond acceptors (Lipinski definition) is 2. The zero-order chi connectivity index (χ0) is 12.7. The van der Waals surface area contributed by atoms with Gasteiger partial charge in [0.25, 0.3) is 0 Å². The van der Waals surface area contributed by atoms with Gasteiger partial charge in [0.15, 0.2) is 0 Å². The van der Waals surface area contributed by atoms with Crippen LogP contribution in [-0.4, -0.2) is 11.1 Å². The van der Waals surface area contributed by atoms with E-state index in [-0.39, 0.29) is 16.7 Å². The third-order valence-corrected chi connectivity index (χ3v) is 3.02. The van der Waals surface area contributed by atoms with E-state index in [0.29, 0.717) is 11.3 Å². The van der Waals surface area contributed by atoms with E-state index in [1.54, 1.807) is 38.1 Å². The molecule has 0 saturated carbocycles. The van der Waals surface area contributed by atoms with E-state index >= 15 is 0 Å². The smallest absolute Gasteiger partial charge is 0.446 e. The van der Waals surface area contributed by atoms with Crippen molar-refractivity contribution in [3.63, 3.8) is 0 Å². The molecule has 1 aliphatic rings. The van der Waals surface area contributed by atoms with Crippen LogP contribution in [-0.2, 0) is 0 Å². The summed E-state index contributed by atoms with van der Waals surface area (Å²) in [7, 11) is 0. The maximum absolute atomic E-state index is 12.5. The lowest BCUT2D eigenvalue weighted by atomic mass is 10.0. The highest BCUT2D eigenvalue weighted by Gasteiger charge is 2.35. The molecule has 0 unspecified atom stereocenters. The van der Waals surface area contributed by atoms with Crippen LogP contribution in [0.4, 0.5) is 13.2 Å². The van der Waals surface area contributed by atoms with Gasteiger partial charge in [-0.3, -0.25) is 0 Å². The molecule has 17 heavy (non-hydrogen) atoms. The molecule has 1 aromatic rings. The lowest BCUT2D eigenvalue weighted by Gasteiger charge is -2.30. The molecule has 5 heteroatoms. The lowest BCUT2D eigenvalue weighted by Crippen LogP contribution is -2.28. The number of benzene rings is 1. The van der Waals surface area contributed by atoms with Gasteiger partial charge in [0, 0.05) is 10.5 Å². The van der Waals surface area contributed by atoms with E-state index in [4.69, 9.17) is 4.74 Å². The van der Waals surface area contributed by atoms with Crippen molar-refractivity contribution in [2.75, 3.05) is 0 Å². The molecule has 0 saturated heterocycles. The average Bonchev–Trinajstić information content (AvgIpc) is 2.13. The molecule has 0 aromatic heterocycles. The number of rotatable bonds is 1. The molecule has 0 atom stereocenters. The Kier molecular flexibility index (Phi) is 2.89. The van der Waals surface area contributed by atoms with Crippen LogP contribution in [0.1, 0.15) is 19.4 Å². The number of ether oxygens (including phenoxy) is 1. The molecule has 0 radical (unpaired) electrons. The first-order chi connectivity index (χ1) is 7.77. The maximum atomic E-state index is 12.5. The Hall–Kier alpha value is -1.10. The summed E-state index contributed by atoms with van der Waals surface area (Å²) >= 11 is -0.0962. The number of hydrogen-bond donors (Lipinski definition) is 0. The molecule has 0 N–H and O–H groups in total.